The van der Waals surface area contributed by atoms with E-state index in [1.807, 2.05) is 23.1 Å². The highest BCUT2D eigenvalue weighted by Crippen LogP contribution is 2.22. The third-order valence-electron chi connectivity index (χ3n) is 4.01. The summed E-state index contributed by atoms with van der Waals surface area (Å²) in [7, 11) is 1.61. The SMILES string of the molecule is COC(CN)CC(=O)N1CCCC1Cc1ccccc1. The number of carbonyl (C=O) groups excluding carboxylic acids is 1. The van der Waals surface area contributed by atoms with E-state index in [1.165, 1.54) is 5.56 Å². The molecule has 2 rings (SSSR count). The average Bonchev–Trinajstić information content (AvgIpc) is 2.94. The fraction of sp³-hybridized carbons (Fsp3) is 0.562. The summed E-state index contributed by atoms with van der Waals surface area (Å²) < 4.78 is 5.21. The number of benzene rings is 1. The second kappa shape index (κ2) is 7.41. The number of nitrogens with zero attached hydrogens (tertiary/aromatic N) is 1. The lowest BCUT2D eigenvalue weighted by molar-refractivity contribution is -0.134. The van der Waals surface area contributed by atoms with Gasteiger partial charge in [0.2, 0.25) is 5.91 Å². The first-order valence-electron chi connectivity index (χ1n) is 7.31. The average molecular weight is 276 g/mol. The van der Waals surface area contributed by atoms with Gasteiger partial charge in [-0.3, -0.25) is 4.79 Å². The number of likely N-dealkylation sites (tertiary alicyclic amines) is 1. The minimum atomic E-state index is -0.166. The Balaban J connectivity index is 1.95. The van der Waals surface area contributed by atoms with Crippen molar-refractivity contribution in [3.8, 4) is 0 Å². The zero-order valence-corrected chi connectivity index (χ0v) is 12.1. The van der Waals surface area contributed by atoms with Gasteiger partial charge in [-0.1, -0.05) is 30.3 Å². The van der Waals surface area contributed by atoms with Crippen molar-refractivity contribution in [2.45, 2.75) is 37.8 Å². The Morgan fingerprint density at radius 2 is 2.20 bits per heavy atom. The summed E-state index contributed by atoms with van der Waals surface area (Å²) in [5.74, 6) is 0.167. The first kappa shape index (κ1) is 15.0. The fourth-order valence-corrected chi connectivity index (χ4v) is 2.84. The molecular weight excluding hydrogens is 252 g/mol. The van der Waals surface area contributed by atoms with Gasteiger partial charge in [-0.15, -0.1) is 0 Å². The van der Waals surface area contributed by atoms with Gasteiger partial charge in [-0.2, -0.15) is 0 Å². The van der Waals surface area contributed by atoms with Crippen LogP contribution in [0.25, 0.3) is 0 Å². The van der Waals surface area contributed by atoms with E-state index >= 15 is 0 Å². The number of amides is 1. The molecule has 4 heteroatoms. The van der Waals surface area contributed by atoms with Crippen LogP contribution in [0.2, 0.25) is 0 Å². The van der Waals surface area contributed by atoms with Crippen molar-refractivity contribution in [3.63, 3.8) is 0 Å². The lowest BCUT2D eigenvalue weighted by Gasteiger charge is -2.26. The number of methoxy groups -OCH3 is 1. The molecule has 0 aliphatic carbocycles. The minimum absolute atomic E-state index is 0.166. The molecule has 1 aliphatic heterocycles. The van der Waals surface area contributed by atoms with Crippen molar-refractivity contribution in [2.24, 2.45) is 5.73 Å². The van der Waals surface area contributed by atoms with Crippen LogP contribution in [0.15, 0.2) is 30.3 Å². The van der Waals surface area contributed by atoms with Crippen molar-refractivity contribution in [3.05, 3.63) is 35.9 Å². The van der Waals surface area contributed by atoms with E-state index in [9.17, 15) is 4.79 Å². The normalized spacial score (nSPS) is 20.1. The van der Waals surface area contributed by atoms with Gasteiger partial charge in [-0.05, 0) is 24.8 Å². The minimum Gasteiger partial charge on any atom is -0.380 e. The predicted octanol–water partition coefficient (Wildman–Crippen LogP) is 1.58. The van der Waals surface area contributed by atoms with Crippen molar-refractivity contribution in [1.82, 2.24) is 4.90 Å². The highest BCUT2D eigenvalue weighted by Gasteiger charge is 2.29. The summed E-state index contributed by atoms with van der Waals surface area (Å²) in [6.45, 7) is 1.25. The molecule has 2 unspecified atom stereocenters. The molecule has 0 aromatic heterocycles. The molecule has 0 radical (unpaired) electrons. The second-order valence-electron chi connectivity index (χ2n) is 5.37. The highest BCUT2D eigenvalue weighted by molar-refractivity contribution is 5.77. The maximum atomic E-state index is 12.4. The Morgan fingerprint density at radius 1 is 1.45 bits per heavy atom. The molecule has 1 amide bonds. The number of hydrogen-bond donors (Lipinski definition) is 1. The van der Waals surface area contributed by atoms with E-state index < -0.39 is 0 Å². The molecule has 2 atom stereocenters. The lowest BCUT2D eigenvalue weighted by atomic mass is 10.0. The summed E-state index contributed by atoms with van der Waals surface area (Å²) in [5, 5.41) is 0. The first-order valence-corrected chi connectivity index (χ1v) is 7.31. The molecule has 2 N–H and O–H groups in total. The Hall–Kier alpha value is -1.39. The van der Waals surface area contributed by atoms with Gasteiger partial charge in [0.05, 0.1) is 12.5 Å². The van der Waals surface area contributed by atoms with Crippen molar-refractivity contribution < 1.29 is 9.53 Å². The van der Waals surface area contributed by atoms with E-state index in [1.54, 1.807) is 7.11 Å². The monoisotopic (exact) mass is 276 g/mol. The topological polar surface area (TPSA) is 55.6 Å². The predicted molar refractivity (Wildman–Crippen MR) is 79.3 cm³/mol. The maximum Gasteiger partial charge on any atom is 0.225 e. The molecular formula is C16H24N2O2. The summed E-state index contributed by atoms with van der Waals surface area (Å²) in [5.41, 5.74) is 6.88. The summed E-state index contributed by atoms with van der Waals surface area (Å²) in [4.78, 5) is 14.4. The van der Waals surface area contributed by atoms with Gasteiger partial charge in [0.1, 0.15) is 0 Å². The highest BCUT2D eigenvalue weighted by atomic mass is 16.5. The number of hydrogen-bond acceptors (Lipinski definition) is 3. The zero-order valence-electron chi connectivity index (χ0n) is 12.1. The Kier molecular flexibility index (Phi) is 5.56. The molecule has 20 heavy (non-hydrogen) atoms. The summed E-state index contributed by atoms with van der Waals surface area (Å²) in [6, 6.07) is 10.7. The van der Waals surface area contributed by atoms with E-state index in [4.69, 9.17) is 10.5 Å². The van der Waals surface area contributed by atoms with Crippen LogP contribution in [-0.4, -0.2) is 43.2 Å². The largest absolute Gasteiger partial charge is 0.380 e. The van der Waals surface area contributed by atoms with Crippen LogP contribution in [0.3, 0.4) is 0 Å². The molecule has 1 aliphatic rings. The van der Waals surface area contributed by atoms with E-state index in [2.05, 4.69) is 12.1 Å². The molecule has 0 bridgehead atoms. The molecule has 110 valence electrons. The van der Waals surface area contributed by atoms with Gasteiger partial charge in [0.25, 0.3) is 0 Å². The fourth-order valence-electron chi connectivity index (χ4n) is 2.84. The molecule has 4 nitrogen and oxygen atoms in total. The molecule has 0 spiro atoms. The maximum absolute atomic E-state index is 12.4. The Morgan fingerprint density at radius 3 is 2.85 bits per heavy atom. The van der Waals surface area contributed by atoms with E-state index in [0.717, 1.165) is 25.8 Å². The van der Waals surface area contributed by atoms with Gasteiger partial charge in [0, 0.05) is 26.2 Å². The standard InChI is InChI=1S/C16H24N2O2/c1-20-15(12-17)11-16(19)18-9-5-8-14(18)10-13-6-3-2-4-7-13/h2-4,6-7,14-15H,5,8-12,17H2,1H3. The molecule has 1 aromatic carbocycles. The van der Waals surface area contributed by atoms with Gasteiger partial charge < -0.3 is 15.4 Å². The van der Waals surface area contributed by atoms with Crippen LogP contribution in [-0.2, 0) is 16.0 Å². The van der Waals surface area contributed by atoms with Gasteiger partial charge in [0.15, 0.2) is 0 Å². The van der Waals surface area contributed by atoms with Crippen LogP contribution in [0.5, 0.6) is 0 Å². The summed E-state index contributed by atoms with van der Waals surface area (Å²) >= 11 is 0. The zero-order chi connectivity index (χ0) is 14.4. The van der Waals surface area contributed by atoms with Crippen molar-refractivity contribution >= 4 is 5.91 Å². The molecule has 1 fully saturated rings. The molecule has 1 saturated heterocycles. The van der Waals surface area contributed by atoms with Crippen molar-refractivity contribution in [1.29, 1.82) is 0 Å². The number of carbonyl (C=O) groups is 1. The third-order valence-corrected chi connectivity index (χ3v) is 4.01. The van der Waals surface area contributed by atoms with Crippen LogP contribution < -0.4 is 5.73 Å². The van der Waals surface area contributed by atoms with Crippen LogP contribution in [0.1, 0.15) is 24.8 Å². The van der Waals surface area contributed by atoms with Crippen LogP contribution >= 0.6 is 0 Å². The second-order valence-corrected chi connectivity index (χ2v) is 5.37. The third kappa shape index (κ3) is 3.81. The Labute approximate surface area is 120 Å². The van der Waals surface area contributed by atoms with Crippen LogP contribution in [0, 0.1) is 0 Å². The van der Waals surface area contributed by atoms with Crippen molar-refractivity contribution in [2.75, 3.05) is 20.2 Å². The first-order chi connectivity index (χ1) is 9.74. The quantitative estimate of drug-likeness (QED) is 0.858. The van der Waals surface area contributed by atoms with Crippen LogP contribution in [0.4, 0.5) is 0 Å². The molecule has 1 aromatic rings. The van der Waals surface area contributed by atoms with Gasteiger partial charge in [-0.25, -0.2) is 0 Å². The molecule has 0 saturated carbocycles. The van der Waals surface area contributed by atoms with E-state index in [-0.39, 0.29) is 12.0 Å². The Bertz CT molecular complexity index is 418. The number of nitrogens with two attached hydrogens (primary N) is 1. The number of rotatable bonds is 6. The van der Waals surface area contributed by atoms with Gasteiger partial charge >= 0.3 is 0 Å². The smallest absolute Gasteiger partial charge is 0.225 e. The van der Waals surface area contributed by atoms with E-state index in [0.29, 0.717) is 19.0 Å². The number of ether oxygens (including phenoxy) is 1. The lowest BCUT2D eigenvalue weighted by Crippen LogP contribution is -2.40. The summed E-state index contributed by atoms with van der Waals surface area (Å²) in [6.07, 6.45) is 3.33. The molecule has 1 heterocycles.